The first kappa shape index (κ1) is 9.37. The van der Waals surface area contributed by atoms with E-state index >= 15 is 0 Å². The van der Waals surface area contributed by atoms with Gasteiger partial charge in [-0.05, 0) is 29.9 Å². The van der Waals surface area contributed by atoms with Crippen molar-refractivity contribution in [2.24, 2.45) is 5.92 Å². The van der Waals surface area contributed by atoms with Crippen molar-refractivity contribution in [1.29, 1.82) is 0 Å². The molecule has 1 saturated carbocycles. The molecule has 0 aliphatic heterocycles. The maximum Gasteiger partial charge on any atom is 0.0346 e. The van der Waals surface area contributed by atoms with Crippen LogP contribution in [-0.4, -0.2) is 6.04 Å². The number of thiophene rings is 1. The second-order valence-corrected chi connectivity index (χ2v) is 5.62. The fraction of sp³-hybridized carbons (Fsp3) is 0.385. The normalized spacial score (nSPS) is 24.6. The standard InChI is InChI=1S/C13H15NS/c1-9-6-12(9)14-8-11-7-10-4-2-3-5-13(10)15-11/h2-5,7,9,12,14H,6,8H2,1H3. The molecule has 0 amide bonds. The molecule has 15 heavy (non-hydrogen) atoms. The summed E-state index contributed by atoms with van der Waals surface area (Å²) in [5, 5.41) is 4.97. The topological polar surface area (TPSA) is 12.0 Å². The third-order valence-corrected chi connectivity index (χ3v) is 4.24. The molecule has 0 bridgehead atoms. The second kappa shape index (κ2) is 3.62. The summed E-state index contributed by atoms with van der Waals surface area (Å²) in [6.07, 6.45) is 1.35. The SMILES string of the molecule is CC1CC1NCc1cc2ccccc2s1. The number of hydrogen-bond acceptors (Lipinski definition) is 2. The van der Waals surface area contributed by atoms with Crippen molar-refractivity contribution in [3.63, 3.8) is 0 Å². The zero-order valence-corrected chi connectivity index (χ0v) is 9.68. The van der Waals surface area contributed by atoms with E-state index in [1.807, 2.05) is 11.3 Å². The third-order valence-electron chi connectivity index (χ3n) is 3.12. The Labute approximate surface area is 94.1 Å². The van der Waals surface area contributed by atoms with Crippen molar-refractivity contribution in [2.75, 3.05) is 0 Å². The van der Waals surface area contributed by atoms with Crippen LogP contribution in [0.3, 0.4) is 0 Å². The molecule has 1 N–H and O–H groups in total. The largest absolute Gasteiger partial charge is 0.309 e. The maximum atomic E-state index is 3.59. The first-order chi connectivity index (χ1) is 7.33. The summed E-state index contributed by atoms with van der Waals surface area (Å²) in [6.45, 7) is 3.34. The highest BCUT2D eigenvalue weighted by Gasteiger charge is 2.31. The van der Waals surface area contributed by atoms with E-state index in [-0.39, 0.29) is 0 Å². The Balaban J connectivity index is 1.74. The van der Waals surface area contributed by atoms with Gasteiger partial charge < -0.3 is 5.32 Å². The zero-order chi connectivity index (χ0) is 10.3. The molecule has 1 aliphatic carbocycles. The lowest BCUT2D eigenvalue weighted by Crippen LogP contribution is -2.16. The molecule has 3 rings (SSSR count). The Kier molecular flexibility index (Phi) is 2.26. The van der Waals surface area contributed by atoms with Gasteiger partial charge in [0.1, 0.15) is 0 Å². The van der Waals surface area contributed by atoms with Gasteiger partial charge in [0.25, 0.3) is 0 Å². The van der Waals surface area contributed by atoms with E-state index < -0.39 is 0 Å². The van der Waals surface area contributed by atoms with Crippen LogP contribution in [-0.2, 0) is 6.54 Å². The monoisotopic (exact) mass is 217 g/mol. The summed E-state index contributed by atoms with van der Waals surface area (Å²) < 4.78 is 1.40. The minimum absolute atomic E-state index is 0.773. The van der Waals surface area contributed by atoms with Gasteiger partial charge in [-0.15, -0.1) is 11.3 Å². The van der Waals surface area contributed by atoms with Gasteiger partial charge in [0.15, 0.2) is 0 Å². The molecular formula is C13H15NS. The van der Waals surface area contributed by atoms with E-state index in [0.29, 0.717) is 0 Å². The average Bonchev–Trinajstić information content (AvgIpc) is 2.79. The summed E-state index contributed by atoms with van der Waals surface area (Å²) in [6, 6.07) is 11.7. The molecule has 2 atom stereocenters. The highest BCUT2D eigenvalue weighted by molar-refractivity contribution is 7.19. The van der Waals surface area contributed by atoms with Crippen molar-refractivity contribution in [2.45, 2.75) is 25.9 Å². The maximum absolute atomic E-state index is 3.59. The van der Waals surface area contributed by atoms with Crippen molar-refractivity contribution >= 4 is 21.4 Å². The second-order valence-electron chi connectivity index (χ2n) is 4.45. The van der Waals surface area contributed by atoms with E-state index in [9.17, 15) is 0 Å². The molecule has 1 nitrogen and oxygen atoms in total. The fourth-order valence-electron chi connectivity index (χ4n) is 1.96. The van der Waals surface area contributed by atoms with E-state index in [0.717, 1.165) is 18.5 Å². The predicted molar refractivity (Wildman–Crippen MR) is 66.2 cm³/mol. The van der Waals surface area contributed by atoms with Crippen LogP contribution in [0, 0.1) is 5.92 Å². The van der Waals surface area contributed by atoms with E-state index in [1.54, 1.807) is 0 Å². The van der Waals surface area contributed by atoms with E-state index in [2.05, 4.69) is 42.6 Å². The van der Waals surface area contributed by atoms with Gasteiger partial charge in [-0.25, -0.2) is 0 Å². The predicted octanol–water partition coefficient (Wildman–Crippen LogP) is 3.40. The Hall–Kier alpha value is -0.860. The van der Waals surface area contributed by atoms with Gasteiger partial charge in [0, 0.05) is 22.2 Å². The molecule has 1 aliphatic rings. The van der Waals surface area contributed by atoms with Gasteiger partial charge in [-0.3, -0.25) is 0 Å². The van der Waals surface area contributed by atoms with Crippen LogP contribution in [0.2, 0.25) is 0 Å². The summed E-state index contributed by atoms with van der Waals surface area (Å²) >= 11 is 1.91. The van der Waals surface area contributed by atoms with E-state index in [1.165, 1.54) is 21.4 Å². The Morgan fingerprint density at radius 3 is 2.93 bits per heavy atom. The lowest BCUT2D eigenvalue weighted by atomic mass is 10.2. The van der Waals surface area contributed by atoms with Gasteiger partial charge in [-0.1, -0.05) is 25.1 Å². The lowest BCUT2D eigenvalue weighted by molar-refractivity contribution is 0.658. The smallest absolute Gasteiger partial charge is 0.0346 e. The molecule has 1 aromatic carbocycles. The lowest BCUT2D eigenvalue weighted by Gasteiger charge is -1.98. The molecule has 1 fully saturated rings. The number of rotatable bonds is 3. The molecule has 2 unspecified atom stereocenters. The molecule has 1 aromatic heterocycles. The first-order valence-electron chi connectivity index (χ1n) is 5.54. The number of fused-ring (bicyclic) bond motifs is 1. The van der Waals surface area contributed by atoms with Gasteiger partial charge >= 0.3 is 0 Å². The Bertz CT molecular complexity index is 441. The Morgan fingerprint density at radius 1 is 1.40 bits per heavy atom. The molecule has 1 heterocycles. The van der Waals surface area contributed by atoms with Crippen LogP contribution in [0.15, 0.2) is 30.3 Å². The van der Waals surface area contributed by atoms with Crippen LogP contribution >= 0.6 is 11.3 Å². The number of benzene rings is 1. The van der Waals surface area contributed by atoms with Crippen LogP contribution in [0.4, 0.5) is 0 Å². The molecule has 78 valence electrons. The third kappa shape index (κ3) is 1.92. The molecule has 0 saturated heterocycles. The van der Waals surface area contributed by atoms with E-state index in [4.69, 9.17) is 0 Å². The minimum atomic E-state index is 0.773. The summed E-state index contributed by atoms with van der Waals surface area (Å²) in [7, 11) is 0. The Morgan fingerprint density at radius 2 is 2.20 bits per heavy atom. The zero-order valence-electron chi connectivity index (χ0n) is 8.86. The quantitative estimate of drug-likeness (QED) is 0.831. The van der Waals surface area contributed by atoms with Crippen LogP contribution in [0.25, 0.3) is 10.1 Å². The van der Waals surface area contributed by atoms with Crippen molar-refractivity contribution < 1.29 is 0 Å². The van der Waals surface area contributed by atoms with Gasteiger partial charge in [0.05, 0.1) is 0 Å². The van der Waals surface area contributed by atoms with Crippen molar-refractivity contribution in [3.8, 4) is 0 Å². The number of hydrogen-bond donors (Lipinski definition) is 1. The van der Waals surface area contributed by atoms with Gasteiger partial charge in [0.2, 0.25) is 0 Å². The molecule has 0 radical (unpaired) electrons. The van der Waals surface area contributed by atoms with Gasteiger partial charge in [-0.2, -0.15) is 0 Å². The van der Waals surface area contributed by atoms with Crippen LogP contribution in [0.5, 0.6) is 0 Å². The highest BCUT2D eigenvalue weighted by atomic mass is 32.1. The summed E-state index contributed by atoms with van der Waals surface area (Å²) in [4.78, 5) is 1.45. The molecule has 2 heteroatoms. The van der Waals surface area contributed by atoms with Crippen LogP contribution in [0.1, 0.15) is 18.2 Å². The number of nitrogens with one attached hydrogen (secondary N) is 1. The molecule has 2 aromatic rings. The minimum Gasteiger partial charge on any atom is -0.309 e. The molecular weight excluding hydrogens is 202 g/mol. The van der Waals surface area contributed by atoms with Crippen molar-refractivity contribution in [3.05, 3.63) is 35.2 Å². The van der Waals surface area contributed by atoms with Crippen molar-refractivity contribution in [1.82, 2.24) is 5.32 Å². The fourth-order valence-corrected chi connectivity index (χ4v) is 2.98. The summed E-state index contributed by atoms with van der Waals surface area (Å²) in [5.41, 5.74) is 0. The molecule has 0 spiro atoms. The summed E-state index contributed by atoms with van der Waals surface area (Å²) in [5.74, 6) is 0.888. The highest BCUT2D eigenvalue weighted by Crippen LogP contribution is 2.30. The average molecular weight is 217 g/mol. The van der Waals surface area contributed by atoms with Crippen LogP contribution < -0.4 is 5.32 Å². The first-order valence-corrected chi connectivity index (χ1v) is 6.35.